The molecule has 23 heavy (non-hydrogen) atoms. The highest BCUT2D eigenvalue weighted by Gasteiger charge is 2.15. The van der Waals surface area contributed by atoms with Crippen LogP contribution in [-0.4, -0.2) is 17.1 Å². The van der Waals surface area contributed by atoms with E-state index >= 15 is 0 Å². The summed E-state index contributed by atoms with van der Waals surface area (Å²) in [5, 5.41) is 6.60. The van der Waals surface area contributed by atoms with E-state index in [1.807, 2.05) is 6.92 Å². The van der Waals surface area contributed by atoms with Gasteiger partial charge < -0.3 is 9.84 Å². The minimum absolute atomic E-state index is 0.00831. The number of hydrogen-bond acceptors (Lipinski definition) is 3. The van der Waals surface area contributed by atoms with Crippen molar-refractivity contribution in [1.82, 2.24) is 10.5 Å². The van der Waals surface area contributed by atoms with E-state index in [1.165, 1.54) is 18.2 Å². The van der Waals surface area contributed by atoms with E-state index in [4.69, 9.17) is 4.52 Å². The first-order valence-electron chi connectivity index (χ1n) is 7.52. The molecule has 0 saturated heterocycles. The third-order valence-corrected chi connectivity index (χ3v) is 3.76. The zero-order valence-corrected chi connectivity index (χ0v) is 13.5. The lowest BCUT2D eigenvalue weighted by atomic mass is 10.0. The molecule has 1 aromatic carbocycles. The van der Waals surface area contributed by atoms with Crippen molar-refractivity contribution in [3.63, 3.8) is 0 Å². The second-order valence-corrected chi connectivity index (χ2v) is 5.68. The summed E-state index contributed by atoms with van der Waals surface area (Å²) < 4.78 is 32.3. The maximum atomic E-state index is 13.6. The summed E-state index contributed by atoms with van der Waals surface area (Å²) in [4.78, 5) is 12.0. The molecule has 1 heterocycles. The van der Waals surface area contributed by atoms with Gasteiger partial charge >= 0.3 is 0 Å². The largest absolute Gasteiger partial charge is 0.361 e. The van der Waals surface area contributed by atoms with Crippen LogP contribution in [0, 0.1) is 25.5 Å². The molecule has 0 aliphatic carbocycles. The number of aryl methyl sites for hydroxylation is 2. The number of rotatable bonds is 6. The Morgan fingerprint density at radius 1 is 1.26 bits per heavy atom. The lowest BCUT2D eigenvalue weighted by Gasteiger charge is -2.15. The number of amides is 1. The topological polar surface area (TPSA) is 55.1 Å². The summed E-state index contributed by atoms with van der Waals surface area (Å²) in [6.45, 7) is 5.35. The van der Waals surface area contributed by atoms with Gasteiger partial charge in [0.2, 0.25) is 5.91 Å². The lowest BCUT2D eigenvalue weighted by Crippen LogP contribution is -2.34. The molecule has 0 fully saturated rings. The summed E-state index contributed by atoms with van der Waals surface area (Å²) in [5.41, 5.74) is 1.69. The lowest BCUT2D eigenvalue weighted by molar-refractivity contribution is -0.121. The Bertz CT molecular complexity index is 658. The summed E-state index contributed by atoms with van der Waals surface area (Å²) in [6.07, 6.45) is 0.899. The van der Waals surface area contributed by atoms with Crippen LogP contribution < -0.4 is 5.32 Å². The monoisotopic (exact) mass is 322 g/mol. The van der Waals surface area contributed by atoms with Gasteiger partial charge in [0.25, 0.3) is 0 Å². The van der Waals surface area contributed by atoms with Crippen molar-refractivity contribution in [1.29, 1.82) is 0 Å². The first-order valence-corrected chi connectivity index (χ1v) is 7.52. The van der Waals surface area contributed by atoms with Crippen LogP contribution in [0.1, 0.15) is 35.9 Å². The molecule has 0 aliphatic rings. The molecule has 4 nitrogen and oxygen atoms in total. The van der Waals surface area contributed by atoms with Gasteiger partial charge in [0.05, 0.1) is 5.69 Å². The fourth-order valence-electron chi connectivity index (χ4n) is 2.53. The molecule has 2 aromatic rings. The summed E-state index contributed by atoms with van der Waals surface area (Å²) >= 11 is 0. The van der Waals surface area contributed by atoms with E-state index in [-0.39, 0.29) is 30.4 Å². The average Bonchev–Trinajstić information content (AvgIpc) is 2.80. The standard InChI is InChI=1S/C17H20F2N2O2/c1-10(9-14-15(18)5-4-6-16(14)19)20-17(22)8-7-13-11(2)21-23-12(13)3/h4-6,10H,7-9H2,1-3H3,(H,20,22)/t10-/m0/s1. The number of halogens is 2. The van der Waals surface area contributed by atoms with Gasteiger partial charge in [-0.1, -0.05) is 11.2 Å². The molecule has 2 rings (SSSR count). The number of carbonyl (C=O) groups is 1. The molecule has 0 unspecified atom stereocenters. The number of nitrogens with one attached hydrogen (secondary N) is 1. The zero-order valence-electron chi connectivity index (χ0n) is 13.5. The Balaban J connectivity index is 1.88. The molecular weight excluding hydrogens is 302 g/mol. The van der Waals surface area contributed by atoms with Crippen LogP contribution in [0.15, 0.2) is 22.7 Å². The van der Waals surface area contributed by atoms with Crippen molar-refractivity contribution in [2.75, 3.05) is 0 Å². The Morgan fingerprint density at radius 3 is 2.48 bits per heavy atom. The number of benzene rings is 1. The summed E-state index contributed by atoms with van der Waals surface area (Å²) in [6, 6.07) is 3.38. The quantitative estimate of drug-likeness (QED) is 0.888. The minimum Gasteiger partial charge on any atom is -0.361 e. The van der Waals surface area contributed by atoms with E-state index in [1.54, 1.807) is 13.8 Å². The Hall–Kier alpha value is -2.24. The van der Waals surface area contributed by atoms with Crippen LogP contribution in [0.5, 0.6) is 0 Å². The van der Waals surface area contributed by atoms with E-state index in [0.717, 1.165) is 11.3 Å². The van der Waals surface area contributed by atoms with Gasteiger partial charge in [-0.2, -0.15) is 0 Å². The van der Waals surface area contributed by atoms with E-state index in [0.29, 0.717) is 12.2 Å². The highest BCUT2D eigenvalue weighted by Crippen LogP contribution is 2.16. The first kappa shape index (κ1) is 17.1. The molecule has 0 bridgehead atoms. The zero-order chi connectivity index (χ0) is 17.0. The molecule has 124 valence electrons. The SMILES string of the molecule is Cc1noc(C)c1CCC(=O)N[C@@H](C)Cc1c(F)cccc1F. The van der Waals surface area contributed by atoms with Gasteiger partial charge in [-0.25, -0.2) is 8.78 Å². The molecule has 0 saturated carbocycles. The Kier molecular flexibility index (Phi) is 5.47. The van der Waals surface area contributed by atoms with Gasteiger partial charge in [-0.05, 0) is 45.7 Å². The highest BCUT2D eigenvalue weighted by molar-refractivity contribution is 5.76. The van der Waals surface area contributed by atoms with Crippen molar-refractivity contribution in [3.05, 3.63) is 52.4 Å². The number of aromatic nitrogens is 1. The number of carbonyl (C=O) groups excluding carboxylic acids is 1. The van der Waals surface area contributed by atoms with Gasteiger partial charge in [-0.15, -0.1) is 0 Å². The van der Waals surface area contributed by atoms with Crippen LogP contribution in [0.3, 0.4) is 0 Å². The maximum absolute atomic E-state index is 13.6. The Labute approximate surface area is 133 Å². The number of nitrogens with zero attached hydrogens (tertiary/aromatic N) is 1. The normalized spacial score (nSPS) is 12.2. The van der Waals surface area contributed by atoms with Gasteiger partial charge in [-0.3, -0.25) is 4.79 Å². The summed E-state index contributed by atoms with van der Waals surface area (Å²) in [7, 11) is 0. The molecule has 1 aromatic heterocycles. The van der Waals surface area contributed by atoms with Gasteiger partial charge in [0, 0.05) is 23.6 Å². The van der Waals surface area contributed by atoms with Gasteiger partial charge in [0.1, 0.15) is 17.4 Å². The molecule has 0 spiro atoms. The van der Waals surface area contributed by atoms with Gasteiger partial charge in [0.15, 0.2) is 0 Å². The third-order valence-electron chi connectivity index (χ3n) is 3.76. The third kappa shape index (κ3) is 4.37. The van der Waals surface area contributed by atoms with Crippen LogP contribution >= 0.6 is 0 Å². The Morgan fingerprint density at radius 2 is 1.91 bits per heavy atom. The fraction of sp³-hybridized carbons (Fsp3) is 0.412. The molecule has 1 N–H and O–H groups in total. The first-order chi connectivity index (χ1) is 10.9. The van der Waals surface area contributed by atoms with Crippen molar-refractivity contribution in [3.8, 4) is 0 Å². The molecule has 1 atom stereocenters. The smallest absolute Gasteiger partial charge is 0.220 e. The molecular formula is C17H20F2N2O2. The van der Waals surface area contributed by atoms with Crippen molar-refractivity contribution < 1.29 is 18.1 Å². The van der Waals surface area contributed by atoms with Crippen LogP contribution in [0.25, 0.3) is 0 Å². The molecule has 0 aliphatic heterocycles. The molecule has 0 radical (unpaired) electrons. The minimum atomic E-state index is -0.596. The van der Waals surface area contributed by atoms with E-state index < -0.39 is 11.6 Å². The van der Waals surface area contributed by atoms with Crippen molar-refractivity contribution >= 4 is 5.91 Å². The highest BCUT2D eigenvalue weighted by atomic mass is 19.1. The van der Waals surface area contributed by atoms with Crippen LogP contribution in [-0.2, 0) is 17.6 Å². The van der Waals surface area contributed by atoms with E-state index in [2.05, 4.69) is 10.5 Å². The fourth-order valence-corrected chi connectivity index (χ4v) is 2.53. The molecule has 6 heteroatoms. The molecule has 1 amide bonds. The predicted molar refractivity (Wildman–Crippen MR) is 82.0 cm³/mol. The summed E-state index contributed by atoms with van der Waals surface area (Å²) in [5.74, 6) is -0.658. The van der Waals surface area contributed by atoms with E-state index in [9.17, 15) is 13.6 Å². The maximum Gasteiger partial charge on any atom is 0.220 e. The predicted octanol–water partition coefficient (Wildman–Crippen LogP) is 3.25. The van der Waals surface area contributed by atoms with Crippen LogP contribution in [0.2, 0.25) is 0 Å². The second kappa shape index (κ2) is 7.35. The van der Waals surface area contributed by atoms with Crippen molar-refractivity contribution in [2.45, 2.75) is 46.1 Å². The second-order valence-electron chi connectivity index (χ2n) is 5.68. The number of hydrogen-bond donors (Lipinski definition) is 1. The van der Waals surface area contributed by atoms with Crippen LogP contribution in [0.4, 0.5) is 8.78 Å². The average molecular weight is 322 g/mol. The van der Waals surface area contributed by atoms with Crippen molar-refractivity contribution in [2.24, 2.45) is 0 Å².